The summed E-state index contributed by atoms with van der Waals surface area (Å²) in [5, 5.41) is 8.22. The van der Waals surface area contributed by atoms with E-state index in [1.807, 2.05) is 43.3 Å². The van der Waals surface area contributed by atoms with Gasteiger partial charge in [-0.2, -0.15) is 4.99 Å². The normalized spacial score (nSPS) is 16.9. The highest BCUT2D eigenvalue weighted by molar-refractivity contribution is 8.14. The Kier molecular flexibility index (Phi) is 10.1. The molecule has 2 unspecified atom stereocenters. The number of anilines is 1. The quantitative estimate of drug-likeness (QED) is 0.202. The average molecular weight is 637 g/mol. The zero-order valence-electron chi connectivity index (χ0n) is 25.3. The average Bonchev–Trinajstić information content (AvgIpc) is 3.50. The number of aliphatic imine (C=N–C) groups is 1. The summed E-state index contributed by atoms with van der Waals surface area (Å²) in [6.07, 6.45) is 0.186. The van der Waals surface area contributed by atoms with E-state index < -0.39 is 6.36 Å². The summed E-state index contributed by atoms with van der Waals surface area (Å²) in [5.74, 6) is 1.11. The summed E-state index contributed by atoms with van der Waals surface area (Å²) < 4.78 is 42.7. The van der Waals surface area contributed by atoms with E-state index in [0.717, 1.165) is 53.4 Å². The minimum atomic E-state index is -4.74. The summed E-state index contributed by atoms with van der Waals surface area (Å²) >= 11 is 1.62. The molecule has 3 aromatic carbocycles. The molecule has 1 N–H and O–H groups in total. The van der Waals surface area contributed by atoms with Crippen molar-refractivity contribution in [3.05, 3.63) is 90.3 Å². The van der Waals surface area contributed by atoms with Crippen molar-refractivity contribution in [1.82, 2.24) is 20.1 Å². The van der Waals surface area contributed by atoms with Crippen molar-refractivity contribution in [3.8, 4) is 22.8 Å². The van der Waals surface area contributed by atoms with Crippen LogP contribution in [0, 0.1) is 0 Å². The highest BCUT2D eigenvalue weighted by atomic mass is 32.2. The smallest absolute Gasteiger partial charge is 0.406 e. The second kappa shape index (κ2) is 14.2. The van der Waals surface area contributed by atoms with E-state index >= 15 is 0 Å². The number of aryl methyl sites for hydroxylation is 2. The fourth-order valence-corrected chi connectivity index (χ4v) is 6.31. The number of halogens is 3. The molecular formula is C33H35F3N6O2S. The van der Waals surface area contributed by atoms with Gasteiger partial charge in [-0.15, -0.1) is 18.3 Å². The van der Waals surface area contributed by atoms with Crippen LogP contribution in [0.25, 0.3) is 17.1 Å². The molecule has 1 aliphatic rings. The van der Waals surface area contributed by atoms with Gasteiger partial charge in [0, 0.05) is 29.1 Å². The van der Waals surface area contributed by atoms with Crippen LogP contribution < -0.4 is 15.0 Å². The van der Waals surface area contributed by atoms with Crippen molar-refractivity contribution < 1.29 is 22.7 Å². The van der Waals surface area contributed by atoms with Gasteiger partial charge in [-0.05, 0) is 81.0 Å². The molecule has 0 spiro atoms. The van der Waals surface area contributed by atoms with Crippen LogP contribution in [0.4, 0.5) is 23.7 Å². The molecule has 2 amide bonds. The third-order valence-electron chi connectivity index (χ3n) is 7.52. The van der Waals surface area contributed by atoms with Gasteiger partial charge in [-0.3, -0.25) is 0 Å². The third kappa shape index (κ3) is 8.44. The molecule has 5 rings (SSSR count). The van der Waals surface area contributed by atoms with E-state index in [0.29, 0.717) is 11.5 Å². The van der Waals surface area contributed by atoms with Gasteiger partial charge in [0.2, 0.25) is 0 Å². The molecule has 12 heteroatoms. The van der Waals surface area contributed by atoms with Crippen LogP contribution in [-0.2, 0) is 12.8 Å². The molecule has 1 fully saturated rings. The number of aromatic nitrogens is 3. The summed E-state index contributed by atoms with van der Waals surface area (Å²) in [6.45, 7) is 6.29. The molecule has 2 atom stereocenters. The number of thioether (sulfide) groups is 1. The molecular weight excluding hydrogens is 601 g/mol. The number of rotatable bonds is 9. The number of ether oxygens (including phenoxy) is 1. The van der Waals surface area contributed by atoms with Crippen molar-refractivity contribution in [2.24, 2.45) is 4.99 Å². The first-order chi connectivity index (χ1) is 21.6. The summed E-state index contributed by atoms with van der Waals surface area (Å²) in [5.41, 5.74) is 4.80. The highest BCUT2D eigenvalue weighted by Crippen LogP contribution is 2.32. The minimum Gasteiger partial charge on any atom is -0.406 e. The van der Waals surface area contributed by atoms with Crippen LogP contribution in [0.2, 0.25) is 0 Å². The van der Waals surface area contributed by atoms with Crippen LogP contribution in [-0.4, -0.2) is 50.2 Å². The Bertz CT molecular complexity index is 1620. The number of hydrogen-bond donors (Lipinski definition) is 1. The Balaban J connectivity index is 1.15. The largest absolute Gasteiger partial charge is 0.573 e. The number of urea groups is 1. The van der Waals surface area contributed by atoms with E-state index in [4.69, 9.17) is 0 Å². The molecule has 8 nitrogen and oxygen atoms in total. The van der Waals surface area contributed by atoms with Gasteiger partial charge < -0.3 is 15.0 Å². The second-order valence-electron chi connectivity index (χ2n) is 10.9. The van der Waals surface area contributed by atoms with E-state index in [1.165, 1.54) is 40.8 Å². The zero-order valence-corrected chi connectivity index (χ0v) is 26.1. The van der Waals surface area contributed by atoms with Crippen molar-refractivity contribution >= 4 is 28.6 Å². The number of amidine groups is 1. The lowest BCUT2D eigenvalue weighted by Gasteiger charge is -2.36. The molecule has 1 aliphatic heterocycles. The Morgan fingerprint density at radius 1 is 1.11 bits per heavy atom. The number of nitrogens with zero attached hydrogens (tertiary/aromatic N) is 5. The van der Waals surface area contributed by atoms with Gasteiger partial charge in [0.25, 0.3) is 0 Å². The lowest BCUT2D eigenvalue weighted by atomic mass is 10.0. The van der Waals surface area contributed by atoms with Crippen molar-refractivity contribution in [2.75, 3.05) is 10.7 Å². The lowest BCUT2D eigenvalue weighted by molar-refractivity contribution is -0.274. The number of amides is 2. The van der Waals surface area contributed by atoms with E-state index in [-0.39, 0.29) is 23.9 Å². The van der Waals surface area contributed by atoms with Crippen molar-refractivity contribution in [3.63, 3.8) is 0 Å². The fraction of sp³-hybridized carbons (Fsp3) is 0.333. The van der Waals surface area contributed by atoms with Crippen LogP contribution >= 0.6 is 11.8 Å². The standard InChI is InChI=1S/C33H35F3N6O2S/c1-4-25-7-5-6-8-29(25)42-23(3)19-20-45-32(42)39-31(43)38-22(2)9-10-24-11-13-26(14-12-24)30-37-21-41(40-30)27-15-17-28(18-16-27)44-33(34,35)36/h5-8,11-18,21-23H,4,9-10,19-20H2,1-3H3,(H,38,43). The first-order valence-corrected chi connectivity index (χ1v) is 15.8. The Labute approximate surface area is 264 Å². The van der Waals surface area contributed by atoms with E-state index in [2.05, 4.69) is 56.0 Å². The Morgan fingerprint density at radius 2 is 1.84 bits per heavy atom. The molecule has 0 saturated carbocycles. The van der Waals surface area contributed by atoms with Crippen molar-refractivity contribution in [2.45, 2.75) is 64.9 Å². The fourth-order valence-electron chi connectivity index (χ4n) is 5.11. The monoisotopic (exact) mass is 636 g/mol. The predicted octanol–water partition coefficient (Wildman–Crippen LogP) is 7.81. The number of carbonyl (C=O) groups is 1. The predicted molar refractivity (Wildman–Crippen MR) is 172 cm³/mol. The molecule has 0 bridgehead atoms. The van der Waals surface area contributed by atoms with E-state index in [1.54, 1.807) is 11.8 Å². The molecule has 1 aromatic heterocycles. The third-order valence-corrected chi connectivity index (χ3v) is 8.50. The summed E-state index contributed by atoms with van der Waals surface area (Å²) in [6, 6.07) is 21.4. The van der Waals surface area contributed by atoms with Crippen LogP contribution in [0.5, 0.6) is 5.75 Å². The van der Waals surface area contributed by atoms with Gasteiger partial charge in [-0.25, -0.2) is 14.5 Å². The van der Waals surface area contributed by atoms with Gasteiger partial charge in [-0.1, -0.05) is 61.2 Å². The molecule has 4 aromatic rings. The first kappa shape index (κ1) is 32.1. The summed E-state index contributed by atoms with van der Waals surface area (Å²) in [4.78, 5) is 24.0. The summed E-state index contributed by atoms with van der Waals surface area (Å²) in [7, 11) is 0. The highest BCUT2D eigenvalue weighted by Gasteiger charge is 2.31. The topological polar surface area (TPSA) is 84.6 Å². The maximum absolute atomic E-state index is 12.9. The Hall–Kier alpha value is -4.32. The number of para-hydroxylation sites is 1. The number of carbonyl (C=O) groups excluding carboxylic acids is 1. The molecule has 0 radical (unpaired) electrons. The van der Waals surface area contributed by atoms with Gasteiger partial charge in [0.05, 0.1) is 5.69 Å². The second-order valence-corrected chi connectivity index (χ2v) is 11.9. The molecule has 45 heavy (non-hydrogen) atoms. The molecule has 1 saturated heterocycles. The van der Waals surface area contributed by atoms with Gasteiger partial charge >= 0.3 is 12.4 Å². The Morgan fingerprint density at radius 3 is 2.56 bits per heavy atom. The molecule has 0 aliphatic carbocycles. The van der Waals surface area contributed by atoms with Crippen LogP contribution in [0.1, 0.15) is 44.7 Å². The maximum atomic E-state index is 12.9. The minimum absolute atomic E-state index is 0.0748. The number of nitrogens with one attached hydrogen (secondary N) is 1. The zero-order chi connectivity index (χ0) is 32.0. The van der Waals surface area contributed by atoms with Crippen LogP contribution in [0.15, 0.2) is 84.1 Å². The number of alkyl halides is 3. The van der Waals surface area contributed by atoms with E-state index in [9.17, 15) is 18.0 Å². The SMILES string of the molecule is CCc1ccccc1N1C(=NC(=O)NC(C)CCc2ccc(-c3ncn(-c4ccc(OC(F)(F)F)cc4)n3)cc2)SCCC1C. The first-order valence-electron chi connectivity index (χ1n) is 14.9. The maximum Gasteiger partial charge on any atom is 0.573 e. The molecule has 236 valence electrons. The van der Waals surface area contributed by atoms with Crippen molar-refractivity contribution in [1.29, 1.82) is 0 Å². The number of hydrogen-bond acceptors (Lipinski definition) is 5. The van der Waals surface area contributed by atoms with Crippen LogP contribution in [0.3, 0.4) is 0 Å². The van der Waals surface area contributed by atoms with Gasteiger partial charge in [0.1, 0.15) is 12.1 Å². The number of benzene rings is 3. The molecule has 2 heterocycles. The lowest BCUT2D eigenvalue weighted by Crippen LogP contribution is -2.43. The van der Waals surface area contributed by atoms with Gasteiger partial charge in [0.15, 0.2) is 11.0 Å².